The highest BCUT2D eigenvalue weighted by molar-refractivity contribution is 5.96. The maximum atomic E-state index is 12.4. The van der Waals surface area contributed by atoms with Crippen LogP contribution in [0, 0.1) is 6.92 Å². The van der Waals surface area contributed by atoms with Crippen molar-refractivity contribution in [2.24, 2.45) is 0 Å². The highest BCUT2D eigenvalue weighted by Crippen LogP contribution is 2.26. The topological polar surface area (TPSA) is 92.8 Å². The van der Waals surface area contributed by atoms with Crippen LogP contribution in [0.5, 0.6) is 5.75 Å². The molecule has 1 aliphatic heterocycles. The van der Waals surface area contributed by atoms with Gasteiger partial charge in [0, 0.05) is 43.5 Å². The second kappa shape index (κ2) is 11.0. The third-order valence-electron chi connectivity index (χ3n) is 5.85. The summed E-state index contributed by atoms with van der Waals surface area (Å²) in [7, 11) is 1.61. The van der Waals surface area contributed by atoms with Crippen LogP contribution in [0.3, 0.4) is 0 Å². The summed E-state index contributed by atoms with van der Waals surface area (Å²) < 4.78 is 10.6. The molecule has 0 spiro atoms. The molecule has 8 nitrogen and oxygen atoms in total. The minimum Gasteiger partial charge on any atom is -0.497 e. The number of anilines is 2. The van der Waals surface area contributed by atoms with Crippen molar-refractivity contribution in [3.8, 4) is 5.75 Å². The van der Waals surface area contributed by atoms with Gasteiger partial charge in [0.1, 0.15) is 11.6 Å². The molecule has 8 heteroatoms. The fourth-order valence-electron chi connectivity index (χ4n) is 3.89. The minimum absolute atomic E-state index is 0.111. The number of hydrogen-bond donors (Lipinski definition) is 2. The van der Waals surface area contributed by atoms with Gasteiger partial charge in [0.15, 0.2) is 0 Å². The number of rotatable bonds is 8. The summed E-state index contributed by atoms with van der Waals surface area (Å²) in [6, 6.07) is 15.3. The monoisotopic (exact) mass is 462 g/mol. The molecular formula is C26H30N4O4. The number of fused-ring (bicyclic) bond motifs is 1. The van der Waals surface area contributed by atoms with Gasteiger partial charge in [-0.3, -0.25) is 9.59 Å². The van der Waals surface area contributed by atoms with Crippen molar-refractivity contribution in [2.75, 3.05) is 43.6 Å². The molecule has 178 valence electrons. The van der Waals surface area contributed by atoms with Crippen LogP contribution in [0.2, 0.25) is 0 Å². The Morgan fingerprint density at radius 2 is 1.76 bits per heavy atom. The maximum absolute atomic E-state index is 12.4. The fraction of sp³-hybridized carbons (Fsp3) is 0.346. The Morgan fingerprint density at radius 3 is 2.50 bits per heavy atom. The first-order valence-corrected chi connectivity index (χ1v) is 11.5. The van der Waals surface area contributed by atoms with E-state index in [-0.39, 0.29) is 24.7 Å². The van der Waals surface area contributed by atoms with Crippen LogP contribution < -0.4 is 20.3 Å². The lowest BCUT2D eigenvalue weighted by molar-refractivity contribution is -0.124. The zero-order chi connectivity index (χ0) is 23.9. The lowest BCUT2D eigenvalue weighted by atomic mass is 10.1. The molecule has 0 atom stereocenters. The van der Waals surface area contributed by atoms with Gasteiger partial charge in [-0.15, -0.1) is 0 Å². The van der Waals surface area contributed by atoms with Crippen LogP contribution in [0.25, 0.3) is 10.9 Å². The average Bonchev–Trinajstić information content (AvgIpc) is 2.87. The molecule has 0 unspecified atom stereocenters. The lowest BCUT2D eigenvalue weighted by Gasteiger charge is -2.28. The van der Waals surface area contributed by atoms with Crippen molar-refractivity contribution in [2.45, 2.75) is 26.3 Å². The van der Waals surface area contributed by atoms with Crippen LogP contribution in [0.15, 0.2) is 48.5 Å². The first-order valence-electron chi connectivity index (χ1n) is 11.5. The molecule has 1 fully saturated rings. The highest BCUT2D eigenvalue weighted by Gasteiger charge is 2.15. The van der Waals surface area contributed by atoms with E-state index in [1.807, 2.05) is 49.4 Å². The number of morpholine rings is 1. The van der Waals surface area contributed by atoms with Gasteiger partial charge < -0.3 is 25.0 Å². The van der Waals surface area contributed by atoms with Crippen LogP contribution >= 0.6 is 0 Å². The van der Waals surface area contributed by atoms with E-state index in [0.29, 0.717) is 25.4 Å². The average molecular weight is 463 g/mol. The zero-order valence-corrected chi connectivity index (χ0v) is 19.6. The molecule has 2 aromatic carbocycles. The van der Waals surface area contributed by atoms with E-state index < -0.39 is 0 Å². The Bertz CT molecular complexity index is 1160. The van der Waals surface area contributed by atoms with Crippen LogP contribution in [0.4, 0.5) is 11.5 Å². The van der Waals surface area contributed by atoms with E-state index in [1.165, 1.54) is 0 Å². The quantitative estimate of drug-likeness (QED) is 0.533. The molecule has 1 saturated heterocycles. The van der Waals surface area contributed by atoms with Gasteiger partial charge in [-0.1, -0.05) is 12.1 Å². The number of carbonyl (C=O) groups excluding carboxylic acids is 2. The van der Waals surface area contributed by atoms with E-state index in [0.717, 1.165) is 46.7 Å². The molecule has 0 radical (unpaired) electrons. The van der Waals surface area contributed by atoms with Crippen molar-refractivity contribution in [1.82, 2.24) is 10.3 Å². The van der Waals surface area contributed by atoms with Crippen LogP contribution in [-0.4, -0.2) is 50.2 Å². The summed E-state index contributed by atoms with van der Waals surface area (Å²) >= 11 is 0. The predicted octanol–water partition coefficient (Wildman–Crippen LogP) is 3.42. The smallest absolute Gasteiger partial charge is 0.224 e. The van der Waals surface area contributed by atoms with Gasteiger partial charge in [0.05, 0.1) is 25.8 Å². The molecule has 0 saturated carbocycles. The summed E-state index contributed by atoms with van der Waals surface area (Å²) in [6.45, 7) is 5.55. The number of ether oxygens (including phenoxy) is 2. The molecule has 34 heavy (non-hydrogen) atoms. The standard InChI is InChI=1S/C26H30N4O4/c1-18-15-24(30-11-13-34-14-12-30)29-23-8-5-20(16-22(18)23)28-26(32)10-9-25(31)27-17-19-3-6-21(33-2)7-4-19/h3-8,15-16H,9-14,17H2,1-2H3,(H,27,31)(H,28,32). The second-order valence-electron chi connectivity index (χ2n) is 8.30. The molecule has 2 heterocycles. The predicted molar refractivity (Wildman–Crippen MR) is 132 cm³/mol. The fourth-order valence-corrected chi connectivity index (χ4v) is 3.89. The number of amides is 2. The van der Waals surface area contributed by atoms with Crippen molar-refractivity contribution < 1.29 is 19.1 Å². The Hall–Kier alpha value is -3.65. The van der Waals surface area contributed by atoms with Crippen molar-refractivity contribution >= 4 is 34.2 Å². The van der Waals surface area contributed by atoms with Crippen LogP contribution in [0.1, 0.15) is 24.0 Å². The Morgan fingerprint density at radius 1 is 1.03 bits per heavy atom. The van der Waals surface area contributed by atoms with Gasteiger partial charge in [-0.05, 0) is 54.4 Å². The number of carbonyl (C=O) groups is 2. The second-order valence-corrected chi connectivity index (χ2v) is 8.30. The van der Waals surface area contributed by atoms with E-state index in [2.05, 4.69) is 21.6 Å². The molecule has 4 rings (SSSR count). The van der Waals surface area contributed by atoms with E-state index in [1.54, 1.807) is 7.11 Å². The Labute approximate surface area is 199 Å². The van der Waals surface area contributed by atoms with Gasteiger partial charge in [-0.2, -0.15) is 0 Å². The summed E-state index contributed by atoms with van der Waals surface area (Å²) in [5.41, 5.74) is 3.65. The van der Waals surface area contributed by atoms with Crippen molar-refractivity contribution in [3.05, 3.63) is 59.7 Å². The molecule has 0 aliphatic carbocycles. The normalized spacial score (nSPS) is 13.5. The van der Waals surface area contributed by atoms with Crippen molar-refractivity contribution in [1.29, 1.82) is 0 Å². The highest BCUT2D eigenvalue weighted by atomic mass is 16.5. The SMILES string of the molecule is COc1ccc(CNC(=O)CCC(=O)Nc2ccc3nc(N4CCOCC4)cc(C)c3c2)cc1. The molecule has 3 aromatic rings. The molecule has 2 amide bonds. The van der Waals surface area contributed by atoms with Crippen LogP contribution in [-0.2, 0) is 20.9 Å². The number of hydrogen-bond acceptors (Lipinski definition) is 6. The van der Waals surface area contributed by atoms with Gasteiger partial charge in [-0.25, -0.2) is 4.98 Å². The van der Waals surface area contributed by atoms with E-state index in [4.69, 9.17) is 14.5 Å². The van der Waals surface area contributed by atoms with Gasteiger partial charge >= 0.3 is 0 Å². The first kappa shape index (κ1) is 23.5. The third kappa shape index (κ3) is 6.02. The van der Waals surface area contributed by atoms with Gasteiger partial charge in [0.25, 0.3) is 0 Å². The number of nitrogens with one attached hydrogen (secondary N) is 2. The number of methoxy groups -OCH3 is 1. The zero-order valence-electron chi connectivity index (χ0n) is 19.6. The molecule has 1 aromatic heterocycles. The summed E-state index contributed by atoms with van der Waals surface area (Å²) in [5.74, 6) is 1.35. The molecule has 0 bridgehead atoms. The molecular weight excluding hydrogens is 432 g/mol. The van der Waals surface area contributed by atoms with Crippen molar-refractivity contribution in [3.63, 3.8) is 0 Å². The number of pyridine rings is 1. The Kier molecular flexibility index (Phi) is 7.59. The number of aromatic nitrogens is 1. The number of aryl methyl sites for hydroxylation is 1. The lowest BCUT2D eigenvalue weighted by Crippen LogP contribution is -2.36. The van der Waals surface area contributed by atoms with Gasteiger partial charge in [0.2, 0.25) is 11.8 Å². The molecule has 1 aliphatic rings. The minimum atomic E-state index is -0.200. The third-order valence-corrected chi connectivity index (χ3v) is 5.85. The number of benzene rings is 2. The Balaban J connectivity index is 1.29. The molecule has 2 N–H and O–H groups in total. The first-order chi connectivity index (χ1) is 16.5. The number of nitrogens with zero attached hydrogens (tertiary/aromatic N) is 2. The summed E-state index contributed by atoms with van der Waals surface area (Å²) in [6.07, 6.45) is 0.235. The van der Waals surface area contributed by atoms with E-state index in [9.17, 15) is 9.59 Å². The largest absolute Gasteiger partial charge is 0.497 e. The summed E-state index contributed by atoms with van der Waals surface area (Å²) in [4.78, 5) is 31.6. The maximum Gasteiger partial charge on any atom is 0.224 e. The van der Waals surface area contributed by atoms with E-state index >= 15 is 0 Å². The summed E-state index contributed by atoms with van der Waals surface area (Å²) in [5, 5.41) is 6.73.